The molecule has 0 radical (unpaired) electrons. The topological polar surface area (TPSA) is 57.6 Å². The maximum Gasteiger partial charge on any atom is 0.243 e. The van der Waals surface area contributed by atoms with E-state index < -0.39 is 10.0 Å². The lowest BCUT2D eigenvalue weighted by Gasteiger charge is -2.23. The molecule has 6 heteroatoms. The molecule has 1 heterocycles. The minimum Gasteiger partial charge on any atom is -0.392 e. The summed E-state index contributed by atoms with van der Waals surface area (Å²) < 4.78 is 26.5. The van der Waals surface area contributed by atoms with Crippen LogP contribution in [0.4, 0.5) is 0 Å². The second kappa shape index (κ2) is 6.05. The number of benzene rings is 1. The quantitative estimate of drug-likeness (QED) is 0.923. The zero-order valence-corrected chi connectivity index (χ0v) is 13.0. The molecule has 2 aromatic rings. The van der Waals surface area contributed by atoms with Gasteiger partial charge in [-0.25, -0.2) is 8.42 Å². The fourth-order valence-electron chi connectivity index (χ4n) is 1.89. The van der Waals surface area contributed by atoms with Crippen LogP contribution in [0.5, 0.6) is 0 Å². The van der Waals surface area contributed by atoms with Crippen molar-refractivity contribution < 1.29 is 13.5 Å². The summed E-state index contributed by atoms with van der Waals surface area (Å²) in [4.78, 5) is 1.20. The van der Waals surface area contributed by atoms with Gasteiger partial charge in [-0.3, -0.25) is 0 Å². The molecule has 2 rings (SSSR count). The molecule has 1 atom stereocenters. The summed E-state index contributed by atoms with van der Waals surface area (Å²) >= 11 is 1.53. The molecule has 0 aliphatic heterocycles. The van der Waals surface area contributed by atoms with Gasteiger partial charge in [0.1, 0.15) is 0 Å². The Morgan fingerprint density at radius 1 is 1.30 bits per heavy atom. The van der Waals surface area contributed by atoms with Crippen molar-refractivity contribution in [2.45, 2.75) is 24.5 Å². The molecule has 1 aromatic heterocycles. The lowest BCUT2D eigenvalue weighted by atomic mass is 10.2. The summed E-state index contributed by atoms with van der Waals surface area (Å²) in [5.41, 5.74) is 0.586. The van der Waals surface area contributed by atoms with Gasteiger partial charge in [-0.2, -0.15) is 4.31 Å². The monoisotopic (exact) mass is 311 g/mol. The molecule has 0 aliphatic rings. The maximum atomic E-state index is 12.6. The van der Waals surface area contributed by atoms with Gasteiger partial charge in [-0.05, 0) is 36.1 Å². The molecule has 0 bridgehead atoms. The van der Waals surface area contributed by atoms with Crippen LogP contribution in [-0.2, 0) is 16.6 Å². The molecular weight excluding hydrogens is 294 g/mol. The molecule has 1 unspecified atom stereocenters. The summed E-state index contributed by atoms with van der Waals surface area (Å²) in [6.07, 6.45) is 0. The Balaban J connectivity index is 2.34. The van der Waals surface area contributed by atoms with Crippen LogP contribution < -0.4 is 0 Å². The van der Waals surface area contributed by atoms with Crippen molar-refractivity contribution in [2.24, 2.45) is 0 Å². The van der Waals surface area contributed by atoms with Crippen LogP contribution in [-0.4, -0.2) is 24.9 Å². The summed E-state index contributed by atoms with van der Waals surface area (Å²) in [6.45, 7) is 1.69. The van der Waals surface area contributed by atoms with E-state index in [1.807, 2.05) is 24.4 Å². The third-order valence-corrected chi connectivity index (χ3v) is 6.23. The first-order valence-corrected chi connectivity index (χ1v) is 8.50. The van der Waals surface area contributed by atoms with E-state index in [0.29, 0.717) is 5.56 Å². The fraction of sp³-hybridized carbons (Fsp3) is 0.286. The third-order valence-electron chi connectivity index (χ3n) is 3.26. The van der Waals surface area contributed by atoms with Crippen molar-refractivity contribution >= 4 is 21.4 Å². The van der Waals surface area contributed by atoms with Crippen molar-refractivity contribution in [1.29, 1.82) is 0 Å². The highest BCUT2D eigenvalue weighted by Gasteiger charge is 2.26. The molecule has 0 fully saturated rings. The lowest BCUT2D eigenvalue weighted by molar-refractivity contribution is 0.281. The number of thiophene rings is 1. The molecule has 0 spiro atoms. The number of aliphatic hydroxyl groups excluding tert-OH is 1. The SMILES string of the molecule is CC(c1cccs1)N(C)S(=O)(=O)c1cccc(CO)c1. The van der Waals surface area contributed by atoms with Gasteiger partial charge in [0.05, 0.1) is 17.5 Å². The van der Waals surface area contributed by atoms with Crippen molar-refractivity contribution in [1.82, 2.24) is 4.31 Å². The normalized spacial score (nSPS) is 13.6. The summed E-state index contributed by atoms with van der Waals surface area (Å²) in [7, 11) is -1.99. The Morgan fingerprint density at radius 3 is 2.65 bits per heavy atom. The van der Waals surface area contributed by atoms with Gasteiger partial charge in [0.15, 0.2) is 0 Å². The highest BCUT2D eigenvalue weighted by Crippen LogP contribution is 2.28. The van der Waals surface area contributed by atoms with E-state index in [2.05, 4.69) is 0 Å². The van der Waals surface area contributed by atoms with Gasteiger partial charge in [0, 0.05) is 11.9 Å². The predicted octanol–water partition coefficient (Wildman–Crippen LogP) is 2.62. The van der Waals surface area contributed by atoms with Crippen molar-refractivity contribution in [3.8, 4) is 0 Å². The van der Waals surface area contributed by atoms with Gasteiger partial charge < -0.3 is 5.11 Å². The smallest absolute Gasteiger partial charge is 0.243 e. The zero-order valence-electron chi connectivity index (χ0n) is 11.4. The molecule has 1 N–H and O–H groups in total. The third kappa shape index (κ3) is 2.93. The van der Waals surface area contributed by atoms with Gasteiger partial charge in [0.25, 0.3) is 0 Å². The molecule has 0 amide bonds. The number of rotatable bonds is 5. The van der Waals surface area contributed by atoms with Crippen LogP contribution in [0.25, 0.3) is 0 Å². The first-order chi connectivity index (χ1) is 9.46. The molecule has 0 aliphatic carbocycles. The van der Waals surface area contributed by atoms with E-state index in [9.17, 15) is 8.42 Å². The number of hydrogen-bond donors (Lipinski definition) is 1. The summed E-state index contributed by atoms with van der Waals surface area (Å²) in [5.74, 6) is 0. The highest BCUT2D eigenvalue weighted by atomic mass is 32.2. The summed E-state index contributed by atoms with van der Waals surface area (Å²) in [5, 5.41) is 11.0. The van der Waals surface area contributed by atoms with Gasteiger partial charge in [0.2, 0.25) is 10.0 Å². The van der Waals surface area contributed by atoms with Crippen LogP contribution in [0.2, 0.25) is 0 Å². The zero-order chi connectivity index (χ0) is 14.8. The van der Waals surface area contributed by atoms with Crippen molar-refractivity contribution in [3.63, 3.8) is 0 Å². The van der Waals surface area contributed by atoms with E-state index in [1.54, 1.807) is 25.2 Å². The molecule has 4 nitrogen and oxygen atoms in total. The number of nitrogens with zero attached hydrogens (tertiary/aromatic N) is 1. The van der Waals surface area contributed by atoms with Crippen molar-refractivity contribution in [2.75, 3.05) is 7.05 Å². The van der Waals surface area contributed by atoms with Crippen LogP contribution in [0.15, 0.2) is 46.7 Å². The van der Waals surface area contributed by atoms with Gasteiger partial charge in [-0.15, -0.1) is 11.3 Å². The standard InChI is InChI=1S/C14H17NO3S2/c1-11(14-7-4-8-19-14)15(2)20(17,18)13-6-3-5-12(9-13)10-16/h3-9,11,16H,10H2,1-2H3. The van der Waals surface area contributed by atoms with E-state index in [0.717, 1.165) is 4.88 Å². The van der Waals surface area contributed by atoms with Crippen LogP contribution in [0.3, 0.4) is 0 Å². The van der Waals surface area contributed by atoms with E-state index in [4.69, 9.17) is 5.11 Å². The second-order valence-corrected chi connectivity index (χ2v) is 7.49. The summed E-state index contributed by atoms with van der Waals surface area (Å²) in [6, 6.07) is 10.00. The van der Waals surface area contributed by atoms with Crippen molar-refractivity contribution in [3.05, 3.63) is 52.2 Å². The number of aliphatic hydroxyl groups is 1. The molecule has 0 saturated carbocycles. The Bertz CT molecular complexity index is 665. The Labute approximate surface area is 123 Å². The second-order valence-electron chi connectivity index (χ2n) is 4.52. The molecule has 108 valence electrons. The maximum absolute atomic E-state index is 12.6. The average molecular weight is 311 g/mol. The van der Waals surface area contributed by atoms with E-state index in [-0.39, 0.29) is 17.5 Å². The number of sulfonamides is 1. The first-order valence-electron chi connectivity index (χ1n) is 6.18. The van der Waals surface area contributed by atoms with Crippen LogP contribution in [0.1, 0.15) is 23.4 Å². The molecule has 1 aromatic carbocycles. The Hall–Kier alpha value is -1.21. The lowest BCUT2D eigenvalue weighted by Crippen LogP contribution is -2.29. The Kier molecular flexibility index (Phi) is 4.59. The minimum absolute atomic E-state index is 0.173. The van der Waals surface area contributed by atoms with Crippen LogP contribution in [0, 0.1) is 0 Å². The highest BCUT2D eigenvalue weighted by molar-refractivity contribution is 7.89. The fourth-order valence-corrected chi connectivity index (χ4v) is 4.19. The van der Waals surface area contributed by atoms with E-state index >= 15 is 0 Å². The van der Waals surface area contributed by atoms with E-state index in [1.165, 1.54) is 21.7 Å². The Morgan fingerprint density at radius 2 is 2.05 bits per heavy atom. The van der Waals surface area contributed by atoms with Crippen LogP contribution >= 0.6 is 11.3 Å². The minimum atomic E-state index is -3.57. The molecule has 20 heavy (non-hydrogen) atoms. The van der Waals surface area contributed by atoms with Gasteiger partial charge in [-0.1, -0.05) is 18.2 Å². The van der Waals surface area contributed by atoms with Gasteiger partial charge >= 0.3 is 0 Å². The average Bonchev–Trinajstić information content (AvgIpc) is 3.00. The molecule has 0 saturated heterocycles. The molecular formula is C14H17NO3S2. The first kappa shape index (κ1) is 15.2. The predicted molar refractivity (Wildman–Crippen MR) is 80.0 cm³/mol. The number of hydrogen-bond acceptors (Lipinski definition) is 4. The largest absolute Gasteiger partial charge is 0.392 e.